The van der Waals surface area contributed by atoms with Gasteiger partial charge >= 0.3 is 0 Å². The second-order valence-electron chi connectivity index (χ2n) is 5.68. The Morgan fingerprint density at radius 2 is 2.26 bits per heavy atom. The lowest BCUT2D eigenvalue weighted by Crippen LogP contribution is -2.32. The normalized spacial score (nSPS) is 19.3. The van der Waals surface area contributed by atoms with Crippen molar-refractivity contribution < 1.29 is 9.90 Å². The van der Waals surface area contributed by atoms with E-state index in [1.165, 1.54) is 0 Å². The van der Waals surface area contributed by atoms with Gasteiger partial charge in [0.1, 0.15) is 6.33 Å². The first-order valence-corrected chi connectivity index (χ1v) is 7.87. The van der Waals surface area contributed by atoms with Crippen LogP contribution in [0.15, 0.2) is 36.7 Å². The van der Waals surface area contributed by atoms with E-state index >= 15 is 0 Å². The summed E-state index contributed by atoms with van der Waals surface area (Å²) in [5, 5.41) is 20.3. The highest BCUT2D eigenvalue weighted by Gasteiger charge is 2.19. The van der Waals surface area contributed by atoms with Gasteiger partial charge in [-0.05, 0) is 24.9 Å². The van der Waals surface area contributed by atoms with Gasteiger partial charge in [0, 0.05) is 13.1 Å². The molecule has 2 aromatic rings. The number of nitrogens with zero attached hydrogens (tertiary/aromatic N) is 3. The molecule has 0 unspecified atom stereocenters. The molecule has 0 aliphatic carbocycles. The number of nitrogens with one attached hydrogen (secondary N) is 2. The number of carbonyl (C=O) groups is 1. The quantitative estimate of drug-likeness (QED) is 0.754. The second kappa shape index (κ2) is 7.34. The Bertz CT molecular complexity index is 637. The SMILES string of the molecule is O=C(NC[C@@H](O)c1ccccc1)c1ncn([C@@H]2CCCNC2)n1. The first kappa shape index (κ1) is 15.6. The smallest absolute Gasteiger partial charge is 0.291 e. The molecule has 1 aromatic carbocycles. The van der Waals surface area contributed by atoms with Gasteiger partial charge in [0.2, 0.25) is 5.82 Å². The minimum atomic E-state index is -0.746. The fraction of sp³-hybridized carbons (Fsp3) is 0.438. The van der Waals surface area contributed by atoms with Gasteiger partial charge in [0.15, 0.2) is 0 Å². The fourth-order valence-electron chi connectivity index (χ4n) is 2.68. The highest BCUT2D eigenvalue weighted by molar-refractivity contribution is 5.90. The lowest BCUT2D eigenvalue weighted by atomic mass is 10.1. The Balaban J connectivity index is 1.55. The summed E-state index contributed by atoms with van der Waals surface area (Å²) in [6.45, 7) is 2.00. The van der Waals surface area contributed by atoms with E-state index in [2.05, 4.69) is 20.7 Å². The van der Waals surface area contributed by atoms with E-state index in [1.807, 2.05) is 30.3 Å². The monoisotopic (exact) mass is 315 g/mol. The van der Waals surface area contributed by atoms with Crippen molar-refractivity contribution in [3.05, 3.63) is 48.0 Å². The Labute approximate surface area is 134 Å². The van der Waals surface area contributed by atoms with Crippen molar-refractivity contribution in [1.82, 2.24) is 25.4 Å². The summed E-state index contributed by atoms with van der Waals surface area (Å²) in [6, 6.07) is 9.46. The van der Waals surface area contributed by atoms with Crippen LogP contribution in [0.3, 0.4) is 0 Å². The van der Waals surface area contributed by atoms with Gasteiger partial charge in [-0.1, -0.05) is 30.3 Å². The van der Waals surface area contributed by atoms with E-state index in [0.717, 1.165) is 31.5 Å². The number of aromatic nitrogens is 3. The van der Waals surface area contributed by atoms with Crippen LogP contribution >= 0.6 is 0 Å². The predicted molar refractivity (Wildman–Crippen MR) is 84.9 cm³/mol. The van der Waals surface area contributed by atoms with E-state index in [9.17, 15) is 9.90 Å². The van der Waals surface area contributed by atoms with Crippen LogP contribution in [0.25, 0.3) is 0 Å². The topological polar surface area (TPSA) is 92.1 Å². The molecule has 3 N–H and O–H groups in total. The number of aliphatic hydroxyl groups is 1. The molecule has 1 saturated heterocycles. The maximum Gasteiger partial charge on any atom is 0.291 e. The lowest BCUT2D eigenvalue weighted by molar-refractivity contribution is 0.0905. The summed E-state index contributed by atoms with van der Waals surface area (Å²) in [5.41, 5.74) is 0.763. The molecule has 0 spiro atoms. The number of hydrogen-bond donors (Lipinski definition) is 3. The van der Waals surface area contributed by atoms with Crippen LogP contribution in [0.1, 0.15) is 41.2 Å². The highest BCUT2D eigenvalue weighted by atomic mass is 16.3. The number of carbonyl (C=O) groups excluding carboxylic acids is 1. The number of amides is 1. The summed E-state index contributed by atoms with van der Waals surface area (Å²) in [5.74, 6) is -0.238. The van der Waals surface area contributed by atoms with Gasteiger partial charge in [-0.25, -0.2) is 9.67 Å². The third-order valence-corrected chi connectivity index (χ3v) is 4.00. The molecule has 1 aliphatic heterocycles. The predicted octanol–water partition coefficient (Wildman–Crippen LogP) is 0.666. The van der Waals surface area contributed by atoms with E-state index in [4.69, 9.17) is 0 Å². The van der Waals surface area contributed by atoms with Gasteiger partial charge in [-0.3, -0.25) is 4.79 Å². The zero-order valence-electron chi connectivity index (χ0n) is 12.9. The third kappa shape index (κ3) is 3.94. The zero-order valence-corrected chi connectivity index (χ0v) is 12.9. The molecule has 1 aliphatic rings. The van der Waals surface area contributed by atoms with Crippen molar-refractivity contribution in [2.45, 2.75) is 25.0 Å². The molecular formula is C16H21N5O2. The molecule has 2 heterocycles. The van der Waals surface area contributed by atoms with Crippen LogP contribution < -0.4 is 10.6 Å². The van der Waals surface area contributed by atoms with Crippen LogP contribution in [0.2, 0.25) is 0 Å². The van der Waals surface area contributed by atoms with E-state index < -0.39 is 6.10 Å². The molecule has 1 aromatic heterocycles. The molecular weight excluding hydrogens is 294 g/mol. The molecule has 3 rings (SSSR count). The van der Waals surface area contributed by atoms with Crippen molar-refractivity contribution in [1.29, 1.82) is 0 Å². The molecule has 23 heavy (non-hydrogen) atoms. The lowest BCUT2D eigenvalue weighted by Gasteiger charge is -2.22. The number of hydrogen-bond acceptors (Lipinski definition) is 5. The van der Waals surface area contributed by atoms with Gasteiger partial charge in [0.05, 0.1) is 12.1 Å². The van der Waals surface area contributed by atoms with Crippen molar-refractivity contribution in [2.24, 2.45) is 0 Å². The molecule has 1 amide bonds. The molecule has 7 heteroatoms. The molecule has 0 saturated carbocycles. The van der Waals surface area contributed by atoms with E-state index in [1.54, 1.807) is 11.0 Å². The average Bonchev–Trinajstić information content (AvgIpc) is 3.11. The summed E-state index contributed by atoms with van der Waals surface area (Å²) in [4.78, 5) is 16.2. The van der Waals surface area contributed by atoms with Crippen LogP contribution in [0, 0.1) is 0 Å². The Morgan fingerprint density at radius 3 is 3.00 bits per heavy atom. The first-order chi connectivity index (χ1) is 11.2. The van der Waals surface area contributed by atoms with Crippen molar-refractivity contribution >= 4 is 5.91 Å². The number of rotatable bonds is 5. The Kier molecular flexibility index (Phi) is 4.99. The van der Waals surface area contributed by atoms with Gasteiger partial charge in [-0.2, -0.15) is 0 Å². The van der Waals surface area contributed by atoms with Gasteiger partial charge < -0.3 is 15.7 Å². The minimum Gasteiger partial charge on any atom is -0.387 e. The molecule has 0 radical (unpaired) electrons. The van der Waals surface area contributed by atoms with Crippen LogP contribution in [-0.4, -0.2) is 45.4 Å². The fourth-order valence-corrected chi connectivity index (χ4v) is 2.68. The number of aliphatic hydroxyl groups excluding tert-OH is 1. The van der Waals surface area contributed by atoms with E-state index in [0.29, 0.717) is 0 Å². The molecule has 122 valence electrons. The van der Waals surface area contributed by atoms with Crippen LogP contribution in [-0.2, 0) is 0 Å². The molecule has 2 atom stereocenters. The molecule has 1 fully saturated rings. The van der Waals surface area contributed by atoms with Crippen molar-refractivity contribution in [3.63, 3.8) is 0 Å². The van der Waals surface area contributed by atoms with Crippen molar-refractivity contribution in [3.8, 4) is 0 Å². The molecule has 7 nitrogen and oxygen atoms in total. The summed E-state index contributed by atoms with van der Waals surface area (Å²) in [6.07, 6.45) is 2.98. The first-order valence-electron chi connectivity index (χ1n) is 7.87. The highest BCUT2D eigenvalue weighted by Crippen LogP contribution is 2.15. The number of piperidine rings is 1. The van der Waals surface area contributed by atoms with Gasteiger partial charge in [-0.15, -0.1) is 5.10 Å². The third-order valence-electron chi connectivity index (χ3n) is 4.00. The largest absolute Gasteiger partial charge is 0.387 e. The number of benzene rings is 1. The summed E-state index contributed by atoms with van der Waals surface area (Å²) >= 11 is 0. The maximum absolute atomic E-state index is 12.1. The summed E-state index contributed by atoms with van der Waals surface area (Å²) < 4.78 is 1.74. The minimum absolute atomic E-state index is 0.127. The standard InChI is InChI=1S/C16H21N5O2/c22-14(12-5-2-1-3-6-12)10-18-16(23)15-19-11-21(20-15)13-7-4-8-17-9-13/h1-3,5-6,11,13-14,17,22H,4,7-10H2,(H,18,23)/t13-,14-/m1/s1. The maximum atomic E-state index is 12.1. The average molecular weight is 315 g/mol. The summed E-state index contributed by atoms with van der Waals surface area (Å²) in [7, 11) is 0. The van der Waals surface area contributed by atoms with Crippen molar-refractivity contribution in [2.75, 3.05) is 19.6 Å². The van der Waals surface area contributed by atoms with Crippen LogP contribution in [0.4, 0.5) is 0 Å². The Morgan fingerprint density at radius 1 is 1.43 bits per heavy atom. The van der Waals surface area contributed by atoms with E-state index in [-0.39, 0.29) is 24.3 Å². The van der Waals surface area contributed by atoms with Crippen LogP contribution in [0.5, 0.6) is 0 Å². The Hall–Kier alpha value is -2.25. The molecule has 0 bridgehead atoms. The van der Waals surface area contributed by atoms with Gasteiger partial charge in [0.25, 0.3) is 5.91 Å². The second-order valence-corrected chi connectivity index (χ2v) is 5.68. The zero-order chi connectivity index (χ0) is 16.1.